The molecule has 0 heterocycles. The van der Waals surface area contributed by atoms with Crippen LogP contribution in [-0.2, 0) is 4.99 Å². The van der Waals surface area contributed by atoms with E-state index >= 15 is 0 Å². The van der Waals surface area contributed by atoms with E-state index in [1.165, 1.54) is 5.34 Å². The molecule has 0 aliphatic carbocycles. The van der Waals surface area contributed by atoms with Gasteiger partial charge in [0.05, 0.1) is 26.2 Å². The van der Waals surface area contributed by atoms with Crippen LogP contribution >= 0.6 is 0 Å². The van der Waals surface area contributed by atoms with Crippen LogP contribution in [0.4, 0.5) is 0 Å². The minimum atomic E-state index is 0.903. The zero-order valence-electron chi connectivity index (χ0n) is 10.1. The molecular weight excluding hydrogens is 220 g/mol. The predicted molar refractivity (Wildman–Crippen MR) is 67.4 cm³/mol. The van der Waals surface area contributed by atoms with Gasteiger partial charge in [-0.25, -0.2) is 0 Å². The molecule has 0 N–H and O–H groups in total. The minimum absolute atomic E-state index is 0.903. The number of hydrogen-bond donors (Lipinski definition) is 0. The molecule has 0 saturated heterocycles. The predicted octanol–water partition coefficient (Wildman–Crippen LogP) is 1.51. The van der Waals surface area contributed by atoms with Crippen LogP contribution in [0, 0.1) is 4.91 Å². The quantitative estimate of drug-likeness (QED) is 0.202. The van der Waals surface area contributed by atoms with E-state index < -0.39 is 0 Å². The maximum Gasteiger partial charge on any atom is 0.149 e. The monoisotopic (exact) mass is 240 g/mol. The van der Waals surface area contributed by atoms with Crippen LogP contribution in [0.2, 0.25) is 0 Å². The van der Waals surface area contributed by atoms with E-state index in [1.54, 1.807) is 0 Å². The summed E-state index contributed by atoms with van der Waals surface area (Å²) in [6.45, 7) is 18.8. The van der Waals surface area contributed by atoms with E-state index in [1.807, 2.05) is 24.3 Å². The molecule has 0 rings (SSSR count). The zero-order valence-corrected chi connectivity index (χ0v) is 10.1. The third-order valence-electron chi connectivity index (χ3n) is 2.10. The molecule has 0 aliphatic heterocycles. The first kappa shape index (κ1) is 17.7. The zero-order chi connectivity index (χ0) is 13.6. The first-order chi connectivity index (χ1) is 8.16. The van der Waals surface area contributed by atoms with E-state index in [0.29, 0.717) is 0 Å². The topological polar surface area (TPSA) is 61.7 Å². The van der Waals surface area contributed by atoms with Gasteiger partial charge in [-0.05, 0) is 24.3 Å². The second-order valence-corrected chi connectivity index (χ2v) is 3.38. The van der Waals surface area contributed by atoms with Gasteiger partial charge >= 0.3 is 0 Å². The Kier molecular flexibility index (Phi) is 12.8. The van der Waals surface area contributed by atoms with Crippen molar-refractivity contribution >= 4 is 0 Å². The molecule has 0 saturated carbocycles. The van der Waals surface area contributed by atoms with Gasteiger partial charge in [-0.15, -0.1) is 4.91 Å². The van der Waals surface area contributed by atoms with Crippen molar-refractivity contribution in [2.75, 3.05) is 26.2 Å². The summed E-state index contributed by atoms with van der Waals surface area (Å²) in [7, 11) is 0. The first-order valence-corrected chi connectivity index (χ1v) is 5.06. The third kappa shape index (κ3) is 9.22. The normalized spacial score (nSPS) is 9.24. The van der Waals surface area contributed by atoms with E-state index in [2.05, 4.69) is 31.3 Å². The van der Waals surface area contributed by atoms with Gasteiger partial charge in [0.1, 0.15) is 5.34 Å². The summed E-state index contributed by atoms with van der Waals surface area (Å²) in [6.07, 6.45) is 7.76. The van der Waals surface area contributed by atoms with Crippen LogP contribution in [0.25, 0.3) is 0 Å². The molecule has 0 atom stereocenters. The first-order valence-electron chi connectivity index (χ1n) is 5.06. The second kappa shape index (κ2) is 12.4. The number of hydrogen-bond acceptors (Lipinski definition) is 4. The van der Waals surface area contributed by atoms with Gasteiger partial charge in [-0.2, -0.15) is 0 Å². The van der Waals surface area contributed by atoms with Crippen molar-refractivity contribution in [3.05, 3.63) is 55.5 Å². The Morgan fingerprint density at radius 3 is 1.29 bits per heavy atom. The highest BCUT2D eigenvalue weighted by Crippen LogP contribution is 2.07. The van der Waals surface area contributed by atoms with Crippen molar-refractivity contribution in [2.24, 2.45) is 5.34 Å². The summed E-state index contributed by atoms with van der Waals surface area (Å²) in [6, 6.07) is 0. The maximum atomic E-state index is 8.39. The summed E-state index contributed by atoms with van der Waals surface area (Å²) < 4.78 is 0.903. The molecule has 0 amide bonds. The molecule has 0 radical (unpaired) electrons. The van der Waals surface area contributed by atoms with Gasteiger partial charge in [-0.1, -0.05) is 26.3 Å². The smallest absolute Gasteiger partial charge is 0.149 e. The van der Waals surface area contributed by atoms with Crippen molar-refractivity contribution in [1.29, 1.82) is 0 Å². The Hall–Kier alpha value is -1.72. The van der Waals surface area contributed by atoms with Crippen LogP contribution in [0.15, 0.2) is 56.0 Å². The van der Waals surface area contributed by atoms with Crippen LogP contribution in [0.3, 0.4) is 0 Å². The molecule has 0 bridgehead atoms. The molecule has 0 aliphatic rings. The molecule has 17 heavy (non-hydrogen) atoms. The fourth-order valence-corrected chi connectivity index (χ4v) is 1.54. The van der Waals surface area contributed by atoms with Crippen molar-refractivity contribution in [1.82, 2.24) is 0 Å². The number of nitrogens with zero attached hydrogens (tertiary/aromatic N) is 2. The van der Waals surface area contributed by atoms with E-state index in [0.717, 1.165) is 30.7 Å². The molecule has 5 nitrogen and oxygen atoms in total. The second-order valence-electron chi connectivity index (χ2n) is 3.38. The van der Waals surface area contributed by atoms with Gasteiger partial charge in [0, 0.05) is 0 Å². The third-order valence-corrected chi connectivity index (χ3v) is 2.10. The molecule has 0 aromatic heterocycles. The van der Waals surface area contributed by atoms with Crippen molar-refractivity contribution in [2.45, 2.75) is 0 Å². The van der Waals surface area contributed by atoms with Crippen molar-refractivity contribution < 1.29 is 14.7 Å². The van der Waals surface area contributed by atoms with E-state index in [-0.39, 0.29) is 0 Å². The molecule has 0 fully saturated rings. The Labute approximate surface area is 102 Å². The fraction of sp³-hybridized carbons (Fsp3) is 0.333. The van der Waals surface area contributed by atoms with Crippen LogP contribution in [-0.4, -0.2) is 30.7 Å². The summed E-state index contributed by atoms with van der Waals surface area (Å²) in [5.74, 6) is 0. The largest absolute Gasteiger partial charge is 0.635 e. The molecule has 0 spiro atoms. The van der Waals surface area contributed by atoms with Gasteiger partial charge in [-0.3, -0.25) is 0 Å². The Morgan fingerprint density at radius 2 is 1.18 bits per heavy atom. The number of quaternary nitrogens is 1. The Bertz CT molecular complexity index is 207. The van der Waals surface area contributed by atoms with E-state index in [9.17, 15) is 0 Å². The average Bonchev–Trinajstić information content (AvgIpc) is 2.31. The van der Waals surface area contributed by atoms with E-state index in [4.69, 9.17) is 10.2 Å². The number of rotatable bonds is 9. The molecular formula is C12H20N2O3. The summed E-state index contributed by atoms with van der Waals surface area (Å²) in [4.78, 5) is 10.8. The average molecular weight is 240 g/mol. The Balaban J connectivity index is 0. The van der Waals surface area contributed by atoms with Crippen LogP contribution < -0.4 is 5.26 Å². The molecule has 0 unspecified atom stereocenters. The van der Waals surface area contributed by atoms with Gasteiger partial charge < -0.3 is 14.7 Å². The minimum Gasteiger partial charge on any atom is -0.635 e. The van der Waals surface area contributed by atoms with Gasteiger partial charge in [0.15, 0.2) is 0 Å². The van der Waals surface area contributed by atoms with Crippen molar-refractivity contribution in [3.8, 4) is 0 Å². The lowest BCUT2D eigenvalue weighted by Gasteiger charge is -2.35. The highest BCUT2D eigenvalue weighted by Gasteiger charge is 2.20. The summed E-state index contributed by atoms with van der Waals surface area (Å²) >= 11 is 0. The molecule has 5 heteroatoms. The van der Waals surface area contributed by atoms with Crippen molar-refractivity contribution in [3.63, 3.8) is 0 Å². The fourth-order valence-electron chi connectivity index (χ4n) is 1.54. The highest BCUT2D eigenvalue weighted by molar-refractivity contribution is 4.79. The lowest BCUT2D eigenvalue weighted by atomic mass is 10.3. The van der Waals surface area contributed by atoms with Crippen LogP contribution in [0.1, 0.15) is 0 Å². The molecule has 0 aromatic carbocycles. The summed E-state index contributed by atoms with van der Waals surface area (Å²) in [5, 5.41) is 9.75. The Morgan fingerprint density at radius 1 is 0.941 bits per heavy atom. The summed E-state index contributed by atoms with van der Waals surface area (Å²) in [5.41, 5.74) is 0. The van der Waals surface area contributed by atoms with Gasteiger partial charge in [0.25, 0.3) is 0 Å². The molecule has 0 aromatic rings. The standard InChI is InChI=1S/C12H20N.HNO3/c1-5-9-13(10-6-2,11-7-3)12-8-4;2-1-4-3/h5-8H,1-4,9-12H2;3H/q+1;/p-1. The SMILES string of the molecule is C=CC[N+](CC=C)(CC=C)CC=C.O=NO[O-]. The lowest BCUT2D eigenvalue weighted by Crippen LogP contribution is -2.48. The van der Waals surface area contributed by atoms with Gasteiger partial charge in [0.2, 0.25) is 0 Å². The molecule has 96 valence electrons. The lowest BCUT2D eigenvalue weighted by molar-refractivity contribution is -0.906. The maximum absolute atomic E-state index is 8.39. The highest BCUT2D eigenvalue weighted by atomic mass is 17.2. The van der Waals surface area contributed by atoms with Crippen LogP contribution in [0.5, 0.6) is 0 Å².